The number of hydrogen-bond acceptors (Lipinski definition) is 4. The topological polar surface area (TPSA) is 93.3 Å². The Kier molecular flexibility index (Phi) is 5.60. The Hall–Kier alpha value is -3.39. The zero-order chi connectivity index (χ0) is 20.3. The van der Waals surface area contributed by atoms with Gasteiger partial charge in [-0.15, -0.1) is 0 Å². The average molecular weight is 400 g/mol. The first kappa shape index (κ1) is 19.4. The van der Waals surface area contributed by atoms with E-state index >= 15 is 0 Å². The number of amides is 2. The molecule has 3 rings (SSSR count). The van der Waals surface area contributed by atoms with Crippen LogP contribution < -0.4 is 5.32 Å². The Labute approximate surface area is 166 Å². The molecule has 0 aliphatic carbocycles. The van der Waals surface area contributed by atoms with E-state index in [-0.39, 0.29) is 5.69 Å². The summed E-state index contributed by atoms with van der Waals surface area (Å²) in [6, 6.07) is 12.0. The fourth-order valence-electron chi connectivity index (χ4n) is 2.86. The van der Waals surface area contributed by atoms with Gasteiger partial charge in [0.05, 0.1) is 4.92 Å². The maximum atomic E-state index is 12.9. The van der Waals surface area contributed by atoms with Crippen LogP contribution >= 0.6 is 11.6 Å². The lowest BCUT2D eigenvalue weighted by molar-refractivity contribution is -0.384. The van der Waals surface area contributed by atoms with Crippen LogP contribution in [0, 0.1) is 10.1 Å². The lowest BCUT2D eigenvalue weighted by Crippen LogP contribution is -2.36. The van der Waals surface area contributed by atoms with Crippen LogP contribution in [0.5, 0.6) is 0 Å². The summed E-state index contributed by atoms with van der Waals surface area (Å²) >= 11 is 5.99. The molecule has 0 radical (unpaired) electrons. The monoisotopic (exact) mass is 399 g/mol. The van der Waals surface area contributed by atoms with Crippen molar-refractivity contribution in [2.45, 2.75) is 6.04 Å². The quantitative estimate of drug-likeness (QED) is 0.513. The van der Waals surface area contributed by atoms with E-state index in [9.17, 15) is 14.9 Å². The predicted molar refractivity (Wildman–Crippen MR) is 106 cm³/mol. The van der Waals surface area contributed by atoms with Gasteiger partial charge in [-0.25, -0.2) is 9.78 Å². The molecular formula is C19H18ClN5O3. The molecule has 1 N–H and O–H groups in total. The molecule has 1 heterocycles. The van der Waals surface area contributed by atoms with Crippen LogP contribution in [0.15, 0.2) is 60.9 Å². The number of nitrogens with zero attached hydrogens (tertiary/aromatic N) is 4. The van der Waals surface area contributed by atoms with Gasteiger partial charge in [-0.1, -0.05) is 29.8 Å². The van der Waals surface area contributed by atoms with Gasteiger partial charge in [0.2, 0.25) is 0 Å². The van der Waals surface area contributed by atoms with Crippen LogP contribution in [0.4, 0.5) is 16.2 Å². The first-order valence-electron chi connectivity index (χ1n) is 8.38. The summed E-state index contributed by atoms with van der Waals surface area (Å²) in [5.74, 6) is 0.666. The number of aromatic nitrogens is 2. The number of non-ortho nitro benzene ring substituents is 1. The molecule has 144 valence electrons. The highest BCUT2D eigenvalue weighted by Crippen LogP contribution is 2.28. The standard InChI is InChI=1S/C19H18ClN5O3/c1-23-11-10-21-18(23)17(13-6-8-14(20)9-7-13)24(2)19(26)22-15-4-3-5-16(12-15)25(27)28/h3-12,17H,1-2H3,(H,22,26)/t17-/m0/s1. The number of carbonyl (C=O) groups is 1. The highest BCUT2D eigenvalue weighted by Gasteiger charge is 2.27. The number of benzene rings is 2. The van der Waals surface area contributed by atoms with E-state index in [1.807, 2.05) is 23.7 Å². The fraction of sp³-hybridized carbons (Fsp3) is 0.158. The number of aryl methyl sites for hydroxylation is 1. The fourth-order valence-corrected chi connectivity index (χ4v) is 2.98. The van der Waals surface area contributed by atoms with Crippen molar-refractivity contribution in [2.24, 2.45) is 7.05 Å². The Morgan fingerprint density at radius 3 is 2.61 bits per heavy atom. The molecule has 3 aromatic rings. The average Bonchev–Trinajstić information content (AvgIpc) is 3.09. The first-order chi connectivity index (χ1) is 13.4. The number of urea groups is 1. The van der Waals surface area contributed by atoms with E-state index in [4.69, 9.17) is 11.6 Å². The highest BCUT2D eigenvalue weighted by atomic mass is 35.5. The minimum Gasteiger partial charge on any atom is -0.336 e. The van der Waals surface area contributed by atoms with E-state index in [1.165, 1.54) is 23.1 Å². The summed E-state index contributed by atoms with van der Waals surface area (Å²) in [7, 11) is 3.48. The third-order valence-electron chi connectivity index (χ3n) is 4.30. The molecule has 0 unspecified atom stereocenters. The van der Waals surface area contributed by atoms with Crippen LogP contribution in [0.2, 0.25) is 5.02 Å². The van der Waals surface area contributed by atoms with Crippen molar-refractivity contribution in [1.29, 1.82) is 0 Å². The zero-order valence-electron chi connectivity index (χ0n) is 15.2. The van der Waals surface area contributed by atoms with Gasteiger partial charge < -0.3 is 14.8 Å². The number of carbonyl (C=O) groups excluding carboxylic acids is 1. The van der Waals surface area contributed by atoms with Crippen LogP contribution in [0.25, 0.3) is 0 Å². The molecule has 8 nitrogen and oxygen atoms in total. The molecule has 28 heavy (non-hydrogen) atoms. The Balaban J connectivity index is 1.90. The molecule has 0 saturated carbocycles. The minimum atomic E-state index is -0.510. The van der Waals surface area contributed by atoms with Crippen molar-refractivity contribution in [3.05, 3.63) is 87.4 Å². The number of nitro groups is 1. The van der Waals surface area contributed by atoms with Gasteiger partial charge in [-0.05, 0) is 23.8 Å². The minimum absolute atomic E-state index is 0.0983. The van der Waals surface area contributed by atoms with E-state index < -0.39 is 17.0 Å². The molecule has 0 spiro atoms. The van der Waals surface area contributed by atoms with Crippen molar-refractivity contribution < 1.29 is 9.72 Å². The lowest BCUT2D eigenvalue weighted by Gasteiger charge is -2.28. The highest BCUT2D eigenvalue weighted by molar-refractivity contribution is 6.30. The van der Waals surface area contributed by atoms with Gasteiger partial charge in [0.15, 0.2) is 0 Å². The second-order valence-corrected chi connectivity index (χ2v) is 6.64. The molecule has 0 bridgehead atoms. The van der Waals surface area contributed by atoms with E-state index in [2.05, 4.69) is 10.3 Å². The third kappa shape index (κ3) is 4.12. The molecular weight excluding hydrogens is 382 g/mol. The number of nitro benzene ring substituents is 1. The molecule has 0 fully saturated rings. The number of rotatable bonds is 5. The van der Waals surface area contributed by atoms with Gasteiger partial charge in [-0.2, -0.15) is 0 Å². The second-order valence-electron chi connectivity index (χ2n) is 6.20. The van der Waals surface area contributed by atoms with Crippen molar-refractivity contribution in [3.63, 3.8) is 0 Å². The smallest absolute Gasteiger partial charge is 0.322 e. The molecule has 2 aromatic carbocycles. The number of halogens is 1. The van der Waals surface area contributed by atoms with Crippen LogP contribution in [-0.4, -0.2) is 32.5 Å². The van der Waals surface area contributed by atoms with Crippen molar-refractivity contribution in [1.82, 2.24) is 14.5 Å². The largest absolute Gasteiger partial charge is 0.336 e. The van der Waals surface area contributed by atoms with Crippen molar-refractivity contribution in [2.75, 3.05) is 12.4 Å². The molecule has 1 aromatic heterocycles. The summed E-state index contributed by atoms with van der Waals surface area (Å²) in [4.78, 5) is 29.2. The normalized spacial score (nSPS) is 11.7. The summed E-state index contributed by atoms with van der Waals surface area (Å²) in [5.41, 5.74) is 1.06. The van der Waals surface area contributed by atoms with Gasteiger partial charge in [0, 0.05) is 49.3 Å². The summed E-state index contributed by atoms with van der Waals surface area (Å²) < 4.78 is 1.83. The summed E-state index contributed by atoms with van der Waals surface area (Å²) in [6.45, 7) is 0. The SMILES string of the molecule is CN(C(=O)Nc1cccc([N+](=O)[O-])c1)[C@@H](c1ccc(Cl)cc1)c1nccn1C. The molecule has 0 saturated heterocycles. The Bertz CT molecular complexity index is 1000. The van der Waals surface area contributed by atoms with E-state index in [0.29, 0.717) is 16.5 Å². The van der Waals surface area contributed by atoms with Crippen LogP contribution in [0.3, 0.4) is 0 Å². The van der Waals surface area contributed by atoms with Crippen molar-refractivity contribution >= 4 is 29.0 Å². The maximum absolute atomic E-state index is 12.9. The van der Waals surface area contributed by atoms with Gasteiger partial charge >= 0.3 is 6.03 Å². The second kappa shape index (κ2) is 8.10. The third-order valence-corrected chi connectivity index (χ3v) is 4.56. The van der Waals surface area contributed by atoms with Crippen LogP contribution in [0.1, 0.15) is 17.4 Å². The van der Waals surface area contributed by atoms with Gasteiger partial charge in [-0.3, -0.25) is 10.1 Å². The predicted octanol–water partition coefficient (Wildman–Crippen LogP) is 4.24. The molecule has 1 atom stereocenters. The maximum Gasteiger partial charge on any atom is 0.322 e. The van der Waals surface area contributed by atoms with Gasteiger partial charge in [0.25, 0.3) is 5.69 Å². The number of imidazole rings is 1. The number of nitrogens with one attached hydrogen (secondary N) is 1. The van der Waals surface area contributed by atoms with E-state index in [0.717, 1.165) is 5.56 Å². The summed E-state index contributed by atoms with van der Waals surface area (Å²) in [6.07, 6.45) is 3.45. The number of hydrogen-bond donors (Lipinski definition) is 1. The van der Waals surface area contributed by atoms with Crippen molar-refractivity contribution in [3.8, 4) is 0 Å². The molecule has 2 amide bonds. The van der Waals surface area contributed by atoms with Crippen LogP contribution in [-0.2, 0) is 7.05 Å². The first-order valence-corrected chi connectivity index (χ1v) is 8.75. The number of anilines is 1. The molecule has 0 aliphatic heterocycles. The van der Waals surface area contributed by atoms with E-state index in [1.54, 1.807) is 37.6 Å². The Morgan fingerprint density at radius 2 is 2.00 bits per heavy atom. The Morgan fingerprint density at radius 1 is 1.29 bits per heavy atom. The zero-order valence-corrected chi connectivity index (χ0v) is 16.0. The lowest BCUT2D eigenvalue weighted by atomic mass is 10.1. The van der Waals surface area contributed by atoms with Gasteiger partial charge in [0.1, 0.15) is 11.9 Å². The molecule has 9 heteroatoms. The summed E-state index contributed by atoms with van der Waals surface area (Å²) in [5, 5.41) is 14.2. The molecule has 0 aliphatic rings.